The molecule has 1 aliphatic rings. The lowest BCUT2D eigenvalue weighted by molar-refractivity contribution is 0.718. The maximum absolute atomic E-state index is 4.69. The van der Waals surface area contributed by atoms with Crippen molar-refractivity contribution < 1.29 is 0 Å². The highest BCUT2D eigenvalue weighted by Crippen LogP contribution is 2.30. The van der Waals surface area contributed by atoms with Gasteiger partial charge in [-0.25, -0.2) is 4.99 Å². The van der Waals surface area contributed by atoms with Gasteiger partial charge in [-0.2, -0.15) is 0 Å². The second-order valence-corrected chi connectivity index (χ2v) is 4.67. The summed E-state index contributed by atoms with van der Waals surface area (Å²) < 4.78 is 0. The summed E-state index contributed by atoms with van der Waals surface area (Å²) in [4.78, 5) is 6.82. The highest BCUT2D eigenvalue weighted by molar-refractivity contribution is 5.98. The quantitative estimate of drug-likeness (QED) is 0.747. The van der Waals surface area contributed by atoms with Crippen LogP contribution in [0.4, 0.5) is 5.69 Å². The molecule has 1 heterocycles. The number of rotatable bonds is 1. The normalized spacial score (nSPS) is 13.6. The average Bonchev–Trinajstić information content (AvgIpc) is 2.58. The Hall–Kier alpha value is -2.06. The molecule has 0 unspecified atom stereocenters. The molecule has 0 atom stereocenters. The highest BCUT2D eigenvalue weighted by atomic mass is 35.5. The van der Waals surface area contributed by atoms with Gasteiger partial charge in [-0.1, -0.05) is 48.5 Å². The minimum Gasteiger partial charge on any atom is -0.333 e. The number of amidine groups is 1. The third-order valence-corrected chi connectivity index (χ3v) is 3.43. The van der Waals surface area contributed by atoms with Crippen LogP contribution in [0.25, 0.3) is 11.8 Å². The highest BCUT2D eigenvalue weighted by Gasteiger charge is 2.14. The molecule has 0 amide bonds. The first-order chi connectivity index (χ1) is 9.25. The molecular formula is C17H17ClN2. The average molecular weight is 285 g/mol. The number of halogens is 1. The fourth-order valence-electron chi connectivity index (χ4n) is 2.27. The van der Waals surface area contributed by atoms with Gasteiger partial charge in [0.1, 0.15) is 5.84 Å². The van der Waals surface area contributed by atoms with Gasteiger partial charge < -0.3 is 4.90 Å². The van der Waals surface area contributed by atoms with E-state index in [-0.39, 0.29) is 12.4 Å². The second-order valence-electron chi connectivity index (χ2n) is 4.67. The van der Waals surface area contributed by atoms with E-state index in [0.717, 1.165) is 17.1 Å². The van der Waals surface area contributed by atoms with Crippen molar-refractivity contribution in [1.82, 2.24) is 4.90 Å². The van der Waals surface area contributed by atoms with Crippen LogP contribution in [0.15, 0.2) is 59.6 Å². The summed E-state index contributed by atoms with van der Waals surface area (Å²) in [6.07, 6.45) is 2.20. The first-order valence-corrected chi connectivity index (χ1v) is 6.41. The van der Waals surface area contributed by atoms with Crippen LogP contribution in [-0.2, 0) is 0 Å². The Balaban J connectivity index is 0.00000147. The smallest absolute Gasteiger partial charge is 0.106 e. The Labute approximate surface area is 125 Å². The summed E-state index contributed by atoms with van der Waals surface area (Å²) in [7, 11) is 2.06. The molecule has 0 fully saturated rings. The van der Waals surface area contributed by atoms with E-state index in [1.165, 1.54) is 11.3 Å². The monoisotopic (exact) mass is 284 g/mol. The molecule has 102 valence electrons. The Morgan fingerprint density at radius 3 is 2.30 bits per heavy atom. The number of benzene rings is 2. The number of para-hydroxylation sites is 1. The molecule has 0 saturated heterocycles. The van der Waals surface area contributed by atoms with Gasteiger partial charge in [-0.05, 0) is 24.6 Å². The topological polar surface area (TPSA) is 15.6 Å². The number of aliphatic imine (C=N–C) groups is 1. The lowest BCUT2D eigenvalue weighted by atomic mass is 10.1. The molecule has 0 aromatic heterocycles. The first kappa shape index (κ1) is 14.4. The second kappa shape index (κ2) is 5.93. The van der Waals surface area contributed by atoms with E-state index in [0.29, 0.717) is 0 Å². The van der Waals surface area contributed by atoms with Crippen molar-refractivity contribution in [3.8, 4) is 0 Å². The van der Waals surface area contributed by atoms with Crippen LogP contribution in [-0.4, -0.2) is 17.8 Å². The fourth-order valence-corrected chi connectivity index (χ4v) is 2.27. The summed E-state index contributed by atoms with van der Waals surface area (Å²) in [5, 5.41) is 0. The fraction of sp³-hybridized carbons (Fsp3) is 0.118. The molecule has 20 heavy (non-hydrogen) atoms. The van der Waals surface area contributed by atoms with Crippen molar-refractivity contribution in [2.75, 3.05) is 7.05 Å². The third kappa shape index (κ3) is 2.61. The maximum atomic E-state index is 4.69. The molecule has 0 radical (unpaired) electrons. The van der Waals surface area contributed by atoms with Crippen LogP contribution >= 0.6 is 12.4 Å². The molecule has 0 saturated carbocycles. The lowest BCUT2D eigenvalue weighted by Crippen LogP contribution is -2.21. The molecule has 3 heteroatoms. The predicted octanol–water partition coefficient (Wildman–Crippen LogP) is 4.60. The van der Waals surface area contributed by atoms with Gasteiger partial charge in [0.05, 0.1) is 5.69 Å². The standard InChI is InChI=1S/C17H16N2.ClH/c1-13-18-16-11-7-6-10-15(16)12-17(19(13)2)14-8-4-3-5-9-14;/h3-12H,1-2H3;1H. The van der Waals surface area contributed by atoms with Crippen LogP contribution in [0.5, 0.6) is 0 Å². The van der Waals surface area contributed by atoms with Crippen LogP contribution in [0, 0.1) is 0 Å². The van der Waals surface area contributed by atoms with Gasteiger partial charge in [0.15, 0.2) is 0 Å². The van der Waals surface area contributed by atoms with Crippen molar-refractivity contribution in [1.29, 1.82) is 0 Å². The van der Waals surface area contributed by atoms with E-state index in [1.807, 2.05) is 25.1 Å². The minimum atomic E-state index is 0. The maximum Gasteiger partial charge on any atom is 0.106 e. The Morgan fingerprint density at radius 2 is 1.55 bits per heavy atom. The zero-order valence-electron chi connectivity index (χ0n) is 11.6. The molecule has 0 bridgehead atoms. The van der Waals surface area contributed by atoms with E-state index in [9.17, 15) is 0 Å². The lowest BCUT2D eigenvalue weighted by Gasteiger charge is -2.21. The van der Waals surface area contributed by atoms with Crippen LogP contribution in [0.2, 0.25) is 0 Å². The van der Waals surface area contributed by atoms with Crippen molar-refractivity contribution in [2.24, 2.45) is 4.99 Å². The number of hydrogen-bond donors (Lipinski definition) is 0. The molecule has 3 rings (SSSR count). The SMILES string of the molecule is CC1=Nc2ccccc2C=C(c2ccccc2)N1C.Cl. The van der Waals surface area contributed by atoms with E-state index in [2.05, 4.69) is 59.4 Å². The number of nitrogens with zero attached hydrogens (tertiary/aromatic N) is 2. The van der Waals surface area contributed by atoms with Crippen LogP contribution in [0.1, 0.15) is 18.1 Å². The van der Waals surface area contributed by atoms with Crippen LogP contribution < -0.4 is 0 Å². The zero-order valence-corrected chi connectivity index (χ0v) is 12.4. The molecule has 2 aromatic carbocycles. The van der Waals surface area contributed by atoms with Crippen molar-refractivity contribution in [2.45, 2.75) is 6.92 Å². The van der Waals surface area contributed by atoms with Gasteiger partial charge >= 0.3 is 0 Å². The van der Waals surface area contributed by atoms with Gasteiger partial charge in [-0.15, -0.1) is 12.4 Å². The molecule has 2 nitrogen and oxygen atoms in total. The molecule has 0 aliphatic carbocycles. The van der Waals surface area contributed by atoms with Gasteiger partial charge in [0.25, 0.3) is 0 Å². The molecular weight excluding hydrogens is 268 g/mol. The number of hydrogen-bond acceptors (Lipinski definition) is 2. The molecule has 1 aliphatic heterocycles. The summed E-state index contributed by atoms with van der Waals surface area (Å²) in [6, 6.07) is 18.7. The van der Waals surface area contributed by atoms with Gasteiger partial charge in [0.2, 0.25) is 0 Å². The summed E-state index contributed by atoms with van der Waals surface area (Å²) >= 11 is 0. The predicted molar refractivity (Wildman–Crippen MR) is 88.5 cm³/mol. The Morgan fingerprint density at radius 1 is 0.900 bits per heavy atom. The van der Waals surface area contributed by atoms with E-state index in [1.54, 1.807) is 0 Å². The van der Waals surface area contributed by atoms with E-state index < -0.39 is 0 Å². The van der Waals surface area contributed by atoms with E-state index >= 15 is 0 Å². The van der Waals surface area contributed by atoms with Gasteiger partial charge in [-0.3, -0.25) is 0 Å². The molecule has 0 N–H and O–H groups in total. The van der Waals surface area contributed by atoms with E-state index in [4.69, 9.17) is 0 Å². The van der Waals surface area contributed by atoms with Crippen molar-refractivity contribution in [3.05, 3.63) is 65.7 Å². The third-order valence-electron chi connectivity index (χ3n) is 3.43. The van der Waals surface area contributed by atoms with Crippen LogP contribution in [0.3, 0.4) is 0 Å². The summed E-state index contributed by atoms with van der Waals surface area (Å²) in [5.41, 5.74) is 4.56. The largest absolute Gasteiger partial charge is 0.333 e. The number of fused-ring (bicyclic) bond motifs is 1. The minimum absolute atomic E-state index is 0. The van der Waals surface area contributed by atoms with Crippen molar-refractivity contribution >= 4 is 35.7 Å². The molecule has 0 spiro atoms. The van der Waals surface area contributed by atoms with Gasteiger partial charge in [0, 0.05) is 18.3 Å². The first-order valence-electron chi connectivity index (χ1n) is 6.41. The Kier molecular flexibility index (Phi) is 4.26. The molecule has 2 aromatic rings. The summed E-state index contributed by atoms with van der Waals surface area (Å²) in [6.45, 7) is 2.04. The zero-order chi connectivity index (χ0) is 13.2. The van der Waals surface area contributed by atoms with Crippen molar-refractivity contribution in [3.63, 3.8) is 0 Å². The summed E-state index contributed by atoms with van der Waals surface area (Å²) in [5.74, 6) is 1.00. The Bertz CT molecular complexity index is 660.